The van der Waals surface area contributed by atoms with Crippen LogP contribution in [0.2, 0.25) is 0 Å². The van der Waals surface area contributed by atoms with Crippen LogP contribution in [0.3, 0.4) is 0 Å². The Morgan fingerprint density at radius 3 is 2.50 bits per heavy atom. The van der Waals surface area contributed by atoms with Crippen LogP contribution in [-0.4, -0.2) is 33.8 Å². The first-order valence-electron chi connectivity index (χ1n) is 10.2. The molecule has 3 heterocycles. The van der Waals surface area contributed by atoms with Crippen LogP contribution in [0.4, 0.5) is 0 Å². The van der Waals surface area contributed by atoms with Crippen molar-refractivity contribution in [3.05, 3.63) is 99.5 Å². The fraction of sp³-hybridized carbons (Fsp3) is 0.250. The Kier molecular flexibility index (Phi) is 4.35. The smallest absolute Gasteiger partial charge is 0.277 e. The van der Waals surface area contributed by atoms with E-state index in [1.165, 1.54) is 17.2 Å². The molecule has 1 N–H and O–H groups in total. The molecule has 3 aromatic rings. The van der Waals surface area contributed by atoms with Gasteiger partial charge in [-0.15, -0.1) is 0 Å². The summed E-state index contributed by atoms with van der Waals surface area (Å²) in [6.45, 7) is 0. The minimum Gasteiger partial charge on any atom is -0.502 e. The Labute approximate surface area is 174 Å². The maximum absolute atomic E-state index is 13.1. The molecular formula is C24H23N3O3. The molecule has 2 aliphatic heterocycles. The number of aromatic nitrogens is 1. The monoisotopic (exact) mass is 401 g/mol. The average Bonchev–Trinajstić information content (AvgIpc) is 2.75. The molecular weight excluding hydrogens is 378 g/mol. The van der Waals surface area contributed by atoms with Crippen molar-refractivity contribution in [2.24, 2.45) is 0 Å². The van der Waals surface area contributed by atoms with E-state index in [1.807, 2.05) is 24.3 Å². The number of pyridine rings is 1. The fourth-order valence-electron chi connectivity index (χ4n) is 4.77. The highest BCUT2D eigenvalue weighted by molar-refractivity contribution is 5.96. The van der Waals surface area contributed by atoms with Gasteiger partial charge < -0.3 is 10.0 Å². The van der Waals surface area contributed by atoms with Crippen molar-refractivity contribution in [2.75, 3.05) is 12.1 Å². The summed E-state index contributed by atoms with van der Waals surface area (Å²) in [5, 5.41) is 12.6. The van der Waals surface area contributed by atoms with Gasteiger partial charge in [0.15, 0.2) is 11.4 Å². The SMILES string of the molecule is CN1C(=O)c2c(O)c(=O)ccn2N2[C@H](c3ccccc3)c3ccccc3CCC[C@@H]12. The number of hydrogen-bond donors (Lipinski definition) is 1. The molecule has 6 heteroatoms. The molecule has 0 fully saturated rings. The second kappa shape index (κ2) is 7.06. The van der Waals surface area contributed by atoms with Crippen LogP contribution >= 0.6 is 0 Å². The number of carbonyl (C=O) groups excluding carboxylic acids is 1. The summed E-state index contributed by atoms with van der Waals surface area (Å²) in [6.07, 6.45) is 4.06. The van der Waals surface area contributed by atoms with E-state index in [1.54, 1.807) is 22.8 Å². The molecule has 0 saturated carbocycles. The topological polar surface area (TPSA) is 65.8 Å². The lowest BCUT2D eigenvalue weighted by atomic mass is 9.88. The molecule has 1 aromatic heterocycles. The van der Waals surface area contributed by atoms with Crippen LogP contribution in [0, 0.1) is 0 Å². The molecule has 0 spiro atoms. The van der Waals surface area contributed by atoms with Gasteiger partial charge in [0.25, 0.3) is 5.91 Å². The quantitative estimate of drug-likeness (QED) is 0.681. The van der Waals surface area contributed by atoms with Crippen molar-refractivity contribution in [3.8, 4) is 5.75 Å². The standard InChI is InChI=1S/C24H23N3O3/c1-25-20-13-7-11-16-8-5-6-12-18(16)21(17-9-3-2-4-10-17)27(20)26-15-14-19(28)23(29)22(26)24(25)30/h2-6,8-10,12,14-15,20-21,29H,7,11,13H2,1H3/t20-,21+/m0/s1. The number of amides is 1. The van der Waals surface area contributed by atoms with E-state index in [0.29, 0.717) is 0 Å². The van der Waals surface area contributed by atoms with Crippen molar-refractivity contribution in [3.63, 3.8) is 0 Å². The molecule has 2 atom stereocenters. The van der Waals surface area contributed by atoms with Crippen LogP contribution in [-0.2, 0) is 6.42 Å². The van der Waals surface area contributed by atoms with E-state index in [-0.39, 0.29) is 23.8 Å². The van der Waals surface area contributed by atoms with Gasteiger partial charge in [-0.3, -0.25) is 19.3 Å². The minimum absolute atomic E-state index is 0.0141. The van der Waals surface area contributed by atoms with Crippen molar-refractivity contribution >= 4 is 5.91 Å². The van der Waals surface area contributed by atoms with Gasteiger partial charge in [0.2, 0.25) is 5.43 Å². The first kappa shape index (κ1) is 18.5. The number of fused-ring (bicyclic) bond motifs is 4. The van der Waals surface area contributed by atoms with Gasteiger partial charge >= 0.3 is 0 Å². The van der Waals surface area contributed by atoms with Gasteiger partial charge in [0.1, 0.15) is 6.17 Å². The van der Waals surface area contributed by atoms with Gasteiger partial charge in [-0.05, 0) is 36.0 Å². The van der Waals surface area contributed by atoms with E-state index in [9.17, 15) is 14.7 Å². The van der Waals surface area contributed by atoms with E-state index >= 15 is 0 Å². The number of benzene rings is 2. The number of aryl methyl sites for hydroxylation is 1. The molecule has 6 nitrogen and oxygen atoms in total. The molecule has 2 aliphatic rings. The molecule has 0 saturated heterocycles. The molecule has 0 bridgehead atoms. The maximum atomic E-state index is 13.1. The molecule has 5 rings (SSSR count). The van der Waals surface area contributed by atoms with Gasteiger partial charge in [-0.2, -0.15) is 0 Å². The lowest BCUT2D eigenvalue weighted by molar-refractivity contribution is 0.0600. The third kappa shape index (κ3) is 2.71. The first-order valence-corrected chi connectivity index (χ1v) is 10.2. The number of hydrogen-bond acceptors (Lipinski definition) is 4. The Balaban J connectivity index is 1.83. The predicted octanol–water partition coefficient (Wildman–Crippen LogP) is 3.03. The van der Waals surface area contributed by atoms with E-state index in [0.717, 1.165) is 24.8 Å². The number of aromatic hydroxyl groups is 1. The van der Waals surface area contributed by atoms with Crippen LogP contribution < -0.4 is 10.4 Å². The zero-order valence-electron chi connectivity index (χ0n) is 16.7. The van der Waals surface area contributed by atoms with Crippen LogP contribution in [0.15, 0.2) is 71.7 Å². The van der Waals surface area contributed by atoms with Crippen LogP contribution in [0.5, 0.6) is 5.75 Å². The van der Waals surface area contributed by atoms with Gasteiger partial charge in [-0.1, -0.05) is 54.6 Å². The van der Waals surface area contributed by atoms with Gasteiger partial charge in [0, 0.05) is 19.3 Å². The summed E-state index contributed by atoms with van der Waals surface area (Å²) in [4.78, 5) is 26.9. The maximum Gasteiger partial charge on any atom is 0.277 e. The van der Waals surface area contributed by atoms with Gasteiger partial charge in [0.05, 0.1) is 6.04 Å². The summed E-state index contributed by atoms with van der Waals surface area (Å²) < 4.78 is 1.68. The second-order valence-electron chi connectivity index (χ2n) is 7.90. The van der Waals surface area contributed by atoms with E-state index < -0.39 is 11.2 Å². The predicted molar refractivity (Wildman–Crippen MR) is 114 cm³/mol. The first-order chi connectivity index (χ1) is 14.6. The zero-order valence-corrected chi connectivity index (χ0v) is 16.7. The van der Waals surface area contributed by atoms with Crippen molar-refractivity contribution in [2.45, 2.75) is 31.5 Å². The Morgan fingerprint density at radius 1 is 0.967 bits per heavy atom. The summed E-state index contributed by atoms with van der Waals surface area (Å²) in [5.74, 6) is -0.845. The van der Waals surface area contributed by atoms with E-state index in [4.69, 9.17) is 0 Å². The van der Waals surface area contributed by atoms with Crippen molar-refractivity contribution < 1.29 is 9.90 Å². The van der Waals surface area contributed by atoms with Crippen molar-refractivity contribution in [1.29, 1.82) is 0 Å². The molecule has 152 valence electrons. The summed E-state index contributed by atoms with van der Waals surface area (Å²) >= 11 is 0. The Hall–Kier alpha value is -3.54. The average molecular weight is 401 g/mol. The summed E-state index contributed by atoms with van der Waals surface area (Å²) in [5.41, 5.74) is 2.99. The Bertz CT molecular complexity index is 1170. The number of rotatable bonds is 1. The molecule has 2 aromatic carbocycles. The minimum atomic E-state index is -0.551. The molecule has 0 unspecified atom stereocenters. The summed E-state index contributed by atoms with van der Waals surface area (Å²) in [6, 6.07) is 19.7. The molecule has 1 amide bonds. The van der Waals surface area contributed by atoms with Gasteiger partial charge in [-0.25, -0.2) is 0 Å². The lowest BCUT2D eigenvalue weighted by Gasteiger charge is -2.50. The Morgan fingerprint density at radius 2 is 1.70 bits per heavy atom. The third-order valence-corrected chi connectivity index (χ3v) is 6.22. The largest absolute Gasteiger partial charge is 0.502 e. The molecule has 0 aliphatic carbocycles. The fourth-order valence-corrected chi connectivity index (χ4v) is 4.77. The van der Waals surface area contributed by atoms with Crippen LogP contribution in [0.25, 0.3) is 0 Å². The van der Waals surface area contributed by atoms with Crippen LogP contribution in [0.1, 0.15) is 46.1 Å². The molecule has 30 heavy (non-hydrogen) atoms. The van der Waals surface area contributed by atoms with Crippen molar-refractivity contribution in [1.82, 2.24) is 9.58 Å². The highest BCUT2D eigenvalue weighted by Gasteiger charge is 2.42. The second-order valence-corrected chi connectivity index (χ2v) is 7.90. The normalized spacial score (nSPS) is 20.6. The number of carbonyl (C=O) groups is 1. The third-order valence-electron chi connectivity index (χ3n) is 6.22. The van der Waals surface area contributed by atoms with E-state index in [2.05, 4.69) is 35.3 Å². The summed E-state index contributed by atoms with van der Waals surface area (Å²) in [7, 11) is 1.75. The lowest BCUT2D eigenvalue weighted by Crippen LogP contribution is -2.61. The number of nitrogens with zero attached hydrogens (tertiary/aromatic N) is 3. The zero-order chi connectivity index (χ0) is 20.8. The highest BCUT2D eigenvalue weighted by Crippen LogP contribution is 2.38. The highest BCUT2D eigenvalue weighted by atomic mass is 16.3. The molecule has 0 radical (unpaired) electrons.